The van der Waals surface area contributed by atoms with Crippen LogP contribution in [0.15, 0.2) is 0 Å². The molecule has 0 saturated heterocycles. The van der Waals surface area contributed by atoms with Gasteiger partial charge in [0.05, 0.1) is 6.07 Å². The molecular weight excluding hydrogens is 142 g/mol. The van der Waals surface area contributed by atoms with Gasteiger partial charge < -0.3 is 0 Å². The minimum absolute atomic E-state index is 0.712. The minimum Gasteiger partial charge on any atom is -0.198 e. The first-order chi connectivity index (χ1) is 4.81. The SMILES string of the molecule is CCC(C)SCCCC#N. The second kappa shape index (κ2) is 6.95. The van der Waals surface area contributed by atoms with E-state index in [4.69, 9.17) is 5.26 Å². The summed E-state index contributed by atoms with van der Waals surface area (Å²) in [6, 6.07) is 2.15. The monoisotopic (exact) mass is 157 g/mol. The van der Waals surface area contributed by atoms with Gasteiger partial charge in [-0.05, 0) is 18.6 Å². The lowest BCUT2D eigenvalue weighted by atomic mass is 10.4. The average molecular weight is 157 g/mol. The van der Waals surface area contributed by atoms with Crippen LogP contribution in [0.4, 0.5) is 0 Å². The Hall–Kier alpha value is -0.160. The second-order valence-corrected chi connectivity index (χ2v) is 3.90. The Morgan fingerprint density at radius 1 is 1.60 bits per heavy atom. The predicted molar refractivity (Wildman–Crippen MR) is 47.1 cm³/mol. The van der Waals surface area contributed by atoms with Crippen molar-refractivity contribution in [1.29, 1.82) is 5.26 Å². The van der Waals surface area contributed by atoms with Gasteiger partial charge in [0.2, 0.25) is 0 Å². The molecule has 0 aromatic heterocycles. The standard InChI is InChI=1S/C8H15NS/c1-3-8(2)10-7-5-4-6-9/h8H,3-5,7H2,1-2H3. The van der Waals surface area contributed by atoms with Gasteiger partial charge in [-0.15, -0.1) is 0 Å². The zero-order valence-corrected chi connectivity index (χ0v) is 7.58. The summed E-state index contributed by atoms with van der Waals surface area (Å²) in [5.41, 5.74) is 0. The van der Waals surface area contributed by atoms with Crippen molar-refractivity contribution in [3.63, 3.8) is 0 Å². The van der Waals surface area contributed by atoms with Crippen LogP contribution in [0.2, 0.25) is 0 Å². The highest BCUT2D eigenvalue weighted by Gasteiger charge is 1.96. The number of hydrogen-bond donors (Lipinski definition) is 0. The molecule has 0 saturated carbocycles. The highest BCUT2D eigenvalue weighted by molar-refractivity contribution is 7.99. The molecule has 0 radical (unpaired) electrons. The van der Waals surface area contributed by atoms with Crippen LogP contribution >= 0.6 is 11.8 Å². The van der Waals surface area contributed by atoms with Crippen LogP contribution in [-0.4, -0.2) is 11.0 Å². The van der Waals surface area contributed by atoms with Crippen LogP contribution in [0.1, 0.15) is 33.1 Å². The molecule has 0 aliphatic carbocycles. The summed E-state index contributed by atoms with van der Waals surface area (Å²) in [5.74, 6) is 1.14. The van der Waals surface area contributed by atoms with Crippen LogP contribution in [-0.2, 0) is 0 Å². The van der Waals surface area contributed by atoms with Crippen molar-refractivity contribution >= 4 is 11.8 Å². The lowest BCUT2D eigenvalue weighted by molar-refractivity contribution is 0.896. The van der Waals surface area contributed by atoms with Crippen LogP contribution in [0, 0.1) is 11.3 Å². The van der Waals surface area contributed by atoms with Gasteiger partial charge in [0.15, 0.2) is 0 Å². The van der Waals surface area contributed by atoms with E-state index in [0.717, 1.165) is 17.4 Å². The number of unbranched alkanes of at least 4 members (excludes halogenated alkanes) is 1. The number of nitrogens with zero attached hydrogens (tertiary/aromatic N) is 1. The molecular formula is C8H15NS. The maximum absolute atomic E-state index is 8.23. The van der Waals surface area contributed by atoms with Crippen molar-refractivity contribution in [1.82, 2.24) is 0 Å². The minimum atomic E-state index is 0.712. The molecule has 0 aliphatic heterocycles. The lowest BCUT2D eigenvalue weighted by Gasteiger charge is -2.05. The number of thioether (sulfide) groups is 1. The highest BCUT2D eigenvalue weighted by atomic mass is 32.2. The molecule has 1 nitrogen and oxygen atoms in total. The van der Waals surface area contributed by atoms with Crippen LogP contribution in [0.25, 0.3) is 0 Å². The summed E-state index contributed by atoms with van der Waals surface area (Å²) in [7, 11) is 0. The van der Waals surface area contributed by atoms with E-state index in [1.807, 2.05) is 11.8 Å². The van der Waals surface area contributed by atoms with Gasteiger partial charge in [-0.3, -0.25) is 0 Å². The first-order valence-corrected chi connectivity index (χ1v) is 4.84. The fraction of sp³-hybridized carbons (Fsp3) is 0.875. The van der Waals surface area contributed by atoms with Gasteiger partial charge in [-0.1, -0.05) is 13.8 Å². The molecule has 0 aromatic rings. The van der Waals surface area contributed by atoms with Crippen molar-refractivity contribution in [3.05, 3.63) is 0 Å². The van der Waals surface area contributed by atoms with E-state index in [-0.39, 0.29) is 0 Å². The molecule has 2 heteroatoms. The summed E-state index contributed by atoms with van der Waals surface area (Å²) in [4.78, 5) is 0. The molecule has 0 N–H and O–H groups in total. The zero-order chi connectivity index (χ0) is 7.82. The fourth-order valence-corrected chi connectivity index (χ4v) is 1.50. The summed E-state index contributed by atoms with van der Waals surface area (Å²) < 4.78 is 0. The number of rotatable bonds is 5. The Bertz CT molecular complexity index is 106. The third-order valence-corrected chi connectivity index (χ3v) is 2.84. The Morgan fingerprint density at radius 2 is 2.30 bits per heavy atom. The molecule has 0 fully saturated rings. The van der Waals surface area contributed by atoms with Crippen molar-refractivity contribution in [3.8, 4) is 6.07 Å². The number of hydrogen-bond acceptors (Lipinski definition) is 2. The van der Waals surface area contributed by atoms with Crippen LogP contribution in [0.5, 0.6) is 0 Å². The van der Waals surface area contributed by atoms with E-state index < -0.39 is 0 Å². The maximum atomic E-state index is 8.23. The van der Waals surface area contributed by atoms with Crippen LogP contribution < -0.4 is 0 Å². The van der Waals surface area contributed by atoms with Crippen molar-refractivity contribution < 1.29 is 0 Å². The van der Waals surface area contributed by atoms with E-state index in [1.54, 1.807) is 0 Å². The number of nitriles is 1. The highest BCUT2D eigenvalue weighted by Crippen LogP contribution is 2.14. The largest absolute Gasteiger partial charge is 0.198 e. The summed E-state index contributed by atoms with van der Waals surface area (Å²) in [5, 5.41) is 8.99. The first kappa shape index (κ1) is 9.84. The van der Waals surface area contributed by atoms with Crippen molar-refractivity contribution in [2.24, 2.45) is 0 Å². The smallest absolute Gasteiger partial charge is 0.0622 e. The van der Waals surface area contributed by atoms with Crippen molar-refractivity contribution in [2.75, 3.05) is 5.75 Å². The first-order valence-electron chi connectivity index (χ1n) is 3.79. The average Bonchev–Trinajstić information content (AvgIpc) is 1.98. The van der Waals surface area contributed by atoms with E-state index in [2.05, 4.69) is 19.9 Å². The van der Waals surface area contributed by atoms with E-state index in [0.29, 0.717) is 6.42 Å². The van der Waals surface area contributed by atoms with Crippen LogP contribution in [0.3, 0.4) is 0 Å². The summed E-state index contributed by atoms with van der Waals surface area (Å²) >= 11 is 1.97. The lowest BCUT2D eigenvalue weighted by Crippen LogP contribution is -1.93. The Labute approximate surface area is 67.8 Å². The van der Waals surface area contributed by atoms with Gasteiger partial charge in [0.25, 0.3) is 0 Å². The Balaban J connectivity index is 2.98. The van der Waals surface area contributed by atoms with E-state index in [9.17, 15) is 0 Å². The molecule has 1 atom stereocenters. The maximum Gasteiger partial charge on any atom is 0.0622 e. The van der Waals surface area contributed by atoms with Gasteiger partial charge >= 0.3 is 0 Å². The molecule has 0 aliphatic rings. The predicted octanol–water partition coefficient (Wildman–Crippen LogP) is 2.82. The molecule has 10 heavy (non-hydrogen) atoms. The normalized spacial score (nSPS) is 12.5. The topological polar surface area (TPSA) is 23.8 Å². The fourth-order valence-electron chi connectivity index (χ4n) is 0.554. The molecule has 0 spiro atoms. The van der Waals surface area contributed by atoms with Gasteiger partial charge in [0, 0.05) is 11.7 Å². The van der Waals surface area contributed by atoms with E-state index in [1.165, 1.54) is 6.42 Å². The second-order valence-electron chi connectivity index (χ2n) is 2.35. The molecule has 1 unspecified atom stereocenters. The quantitative estimate of drug-likeness (QED) is 0.573. The zero-order valence-electron chi connectivity index (χ0n) is 6.76. The molecule has 0 bridgehead atoms. The summed E-state index contributed by atoms with van der Waals surface area (Å²) in [6.07, 6.45) is 2.99. The van der Waals surface area contributed by atoms with E-state index >= 15 is 0 Å². The molecule has 58 valence electrons. The third-order valence-electron chi connectivity index (χ3n) is 1.41. The molecule has 0 rings (SSSR count). The van der Waals surface area contributed by atoms with Gasteiger partial charge in [-0.25, -0.2) is 0 Å². The van der Waals surface area contributed by atoms with Gasteiger partial charge in [-0.2, -0.15) is 17.0 Å². The molecule has 0 aromatic carbocycles. The Morgan fingerprint density at radius 3 is 2.80 bits per heavy atom. The molecule has 0 amide bonds. The molecule has 0 heterocycles. The summed E-state index contributed by atoms with van der Waals surface area (Å²) in [6.45, 7) is 4.43. The van der Waals surface area contributed by atoms with Gasteiger partial charge in [0.1, 0.15) is 0 Å². The Kier molecular flexibility index (Phi) is 6.84. The third kappa shape index (κ3) is 5.97. The van der Waals surface area contributed by atoms with Crippen molar-refractivity contribution in [2.45, 2.75) is 38.4 Å².